The average Bonchev–Trinajstić information content (AvgIpc) is 2.06. The summed E-state index contributed by atoms with van der Waals surface area (Å²) in [6.07, 6.45) is 4.75. The second-order valence-corrected chi connectivity index (χ2v) is 2.76. The molecular weight excluding hydrogens is 132 g/mol. The summed E-state index contributed by atoms with van der Waals surface area (Å²) in [6, 6.07) is 0. The number of methoxy groups -OCH3 is 1. The van der Waals surface area contributed by atoms with Crippen molar-refractivity contribution in [2.24, 2.45) is 0 Å². The fraction of sp³-hybridized carbons (Fsp3) is 1.00. The first-order chi connectivity index (χ1) is 4.83. The summed E-state index contributed by atoms with van der Waals surface area (Å²) in [5.74, 6) is -0.793. The van der Waals surface area contributed by atoms with Gasteiger partial charge in [-0.3, -0.25) is 0 Å². The van der Waals surface area contributed by atoms with Crippen molar-refractivity contribution in [1.29, 1.82) is 0 Å². The van der Waals surface area contributed by atoms with Crippen molar-refractivity contribution in [3.05, 3.63) is 0 Å². The molecule has 0 bridgehead atoms. The van der Waals surface area contributed by atoms with Crippen molar-refractivity contribution in [3.63, 3.8) is 0 Å². The highest BCUT2D eigenvalue weighted by atomic mass is 17.1. The largest absolute Gasteiger partial charge is 0.721 e. The fourth-order valence-corrected chi connectivity index (χ4v) is 1.41. The van der Waals surface area contributed by atoms with Gasteiger partial charge in [0.1, 0.15) is 0 Å². The zero-order chi connectivity index (χ0) is 7.45. The number of rotatable bonds is 2. The first-order valence-corrected chi connectivity index (χ1v) is 3.69. The van der Waals surface area contributed by atoms with Crippen LogP contribution in [0.25, 0.3) is 0 Å². The van der Waals surface area contributed by atoms with E-state index in [0.717, 1.165) is 25.7 Å². The Balaban J connectivity index is 2.44. The Hall–Kier alpha value is -0.120. The highest BCUT2D eigenvalue weighted by Crippen LogP contribution is 2.30. The van der Waals surface area contributed by atoms with Crippen LogP contribution in [0.1, 0.15) is 32.1 Å². The Bertz CT molecular complexity index is 91.0. The van der Waals surface area contributed by atoms with Crippen molar-refractivity contribution in [2.45, 2.75) is 37.9 Å². The maximum absolute atomic E-state index is 10.2. The summed E-state index contributed by atoms with van der Waals surface area (Å²) >= 11 is 0. The minimum Gasteiger partial charge on any atom is -0.721 e. The normalized spacial score (nSPS) is 24.6. The Labute approximate surface area is 60.9 Å². The minimum atomic E-state index is -0.793. The molecule has 1 saturated carbocycles. The molecule has 10 heavy (non-hydrogen) atoms. The highest BCUT2D eigenvalue weighted by molar-refractivity contribution is 4.72. The zero-order valence-corrected chi connectivity index (χ0v) is 6.26. The predicted molar refractivity (Wildman–Crippen MR) is 33.9 cm³/mol. The van der Waals surface area contributed by atoms with Gasteiger partial charge in [-0.15, -0.1) is 0 Å². The van der Waals surface area contributed by atoms with Crippen molar-refractivity contribution in [1.82, 2.24) is 0 Å². The second-order valence-electron chi connectivity index (χ2n) is 2.76. The van der Waals surface area contributed by atoms with Gasteiger partial charge in [0.2, 0.25) is 0 Å². The molecule has 1 fully saturated rings. The molecule has 3 heteroatoms. The summed E-state index contributed by atoms with van der Waals surface area (Å²) in [5, 5.41) is 10.2. The van der Waals surface area contributed by atoms with Gasteiger partial charge in [-0.2, -0.15) is 0 Å². The monoisotopic (exact) mass is 145 g/mol. The van der Waals surface area contributed by atoms with Crippen LogP contribution < -0.4 is 5.26 Å². The van der Waals surface area contributed by atoms with Crippen LogP contribution in [0.2, 0.25) is 0 Å². The van der Waals surface area contributed by atoms with Gasteiger partial charge in [-0.25, -0.2) is 0 Å². The van der Waals surface area contributed by atoms with Crippen molar-refractivity contribution in [3.8, 4) is 0 Å². The molecule has 60 valence electrons. The molecule has 0 N–H and O–H groups in total. The molecule has 0 heterocycles. The fourth-order valence-electron chi connectivity index (χ4n) is 1.41. The van der Waals surface area contributed by atoms with Crippen LogP contribution in [-0.4, -0.2) is 12.9 Å². The molecule has 1 aliphatic carbocycles. The standard InChI is InChI=1S/C7H14O3/c1-9-7(10-8)5-3-2-4-6-7/h8H,2-6H2,1H3/p-1. The van der Waals surface area contributed by atoms with Crippen molar-refractivity contribution in [2.75, 3.05) is 7.11 Å². The van der Waals surface area contributed by atoms with Crippen molar-refractivity contribution >= 4 is 0 Å². The van der Waals surface area contributed by atoms with Crippen LogP contribution in [0.15, 0.2) is 0 Å². The molecule has 0 unspecified atom stereocenters. The average molecular weight is 145 g/mol. The first kappa shape index (κ1) is 7.98. The van der Waals surface area contributed by atoms with Gasteiger partial charge >= 0.3 is 0 Å². The third-order valence-electron chi connectivity index (χ3n) is 2.14. The lowest BCUT2D eigenvalue weighted by Crippen LogP contribution is -2.40. The predicted octanol–water partition coefficient (Wildman–Crippen LogP) is 0.585. The Morgan fingerprint density at radius 3 is 2.10 bits per heavy atom. The van der Waals surface area contributed by atoms with Crippen LogP contribution >= 0.6 is 0 Å². The van der Waals surface area contributed by atoms with E-state index >= 15 is 0 Å². The van der Waals surface area contributed by atoms with E-state index in [1.165, 1.54) is 13.5 Å². The van der Waals surface area contributed by atoms with Gasteiger partial charge in [0, 0.05) is 20.0 Å². The van der Waals surface area contributed by atoms with Crippen LogP contribution in [-0.2, 0) is 9.62 Å². The van der Waals surface area contributed by atoms with E-state index in [0.29, 0.717) is 0 Å². The van der Waals surface area contributed by atoms with Crippen LogP contribution in [0.4, 0.5) is 0 Å². The summed E-state index contributed by atoms with van der Waals surface area (Å²) in [4.78, 5) is 4.06. The van der Waals surface area contributed by atoms with Gasteiger partial charge in [-0.1, -0.05) is 6.42 Å². The molecular formula is C7H13O3-. The lowest BCUT2D eigenvalue weighted by Gasteiger charge is -2.38. The van der Waals surface area contributed by atoms with Gasteiger partial charge in [0.15, 0.2) is 5.79 Å². The maximum Gasteiger partial charge on any atom is 0.158 e. The summed E-state index contributed by atoms with van der Waals surface area (Å²) in [5.41, 5.74) is 0. The van der Waals surface area contributed by atoms with E-state index in [2.05, 4.69) is 4.89 Å². The molecule has 0 amide bonds. The van der Waals surface area contributed by atoms with E-state index < -0.39 is 5.79 Å². The smallest absolute Gasteiger partial charge is 0.158 e. The molecule has 0 atom stereocenters. The summed E-state index contributed by atoms with van der Waals surface area (Å²) in [6.45, 7) is 0. The molecule has 0 aliphatic heterocycles. The Morgan fingerprint density at radius 1 is 1.20 bits per heavy atom. The van der Waals surface area contributed by atoms with Crippen LogP contribution in [0.5, 0.6) is 0 Å². The third-order valence-corrected chi connectivity index (χ3v) is 2.14. The second kappa shape index (κ2) is 3.32. The molecule has 3 nitrogen and oxygen atoms in total. The molecule has 0 aromatic heterocycles. The van der Waals surface area contributed by atoms with E-state index in [-0.39, 0.29) is 0 Å². The Kier molecular flexibility index (Phi) is 2.65. The summed E-state index contributed by atoms with van der Waals surface area (Å²) in [7, 11) is 1.53. The lowest BCUT2D eigenvalue weighted by atomic mass is 9.94. The van der Waals surface area contributed by atoms with Gasteiger partial charge in [-0.05, 0) is 12.8 Å². The van der Waals surface area contributed by atoms with Gasteiger partial charge < -0.3 is 14.9 Å². The van der Waals surface area contributed by atoms with Gasteiger partial charge in [0.25, 0.3) is 0 Å². The molecule has 1 rings (SSSR count). The molecule has 0 radical (unpaired) electrons. The van der Waals surface area contributed by atoms with Crippen molar-refractivity contribution < 1.29 is 14.9 Å². The molecule has 1 aliphatic rings. The molecule has 0 spiro atoms. The maximum atomic E-state index is 10.2. The van der Waals surface area contributed by atoms with E-state index in [1.807, 2.05) is 0 Å². The van der Waals surface area contributed by atoms with Gasteiger partial charge in [0.05, 0.1) is 0 Å². The molecule has 0 saturated heterocycles. The van der Waals surface area contributed by atoms with Crippen LogP contribution in [0, 0.1) is 0 Å². The van der Waals surface area contributed by atoms with E-state index in [4.69, 9.17) is 4.74 Å². The quantitative estimate of drug-likeness (QED) is 0.324. The highest BCUT2D eigenvalue weighted by Gasteiger charge is 2.29. The molecule has 0 aromatic carbocycles. The topological polar surface area (TPSA) is 41.5 Å². The number of hydrogen-bond acceptors (Lipinski definition) is 3. The SMILES string of the molecule is COC1(O[O-])CCCCC1. The zero-order valence-electron chi connectivity index (χ0n) is 6.26. The summed E-state index contributed by atoms with van der Waals surface area (Å²) < 4.78 is 4.99. The van der Waals surface area contributed by atoms with E-state index in [1.54, 1.807) is 0 Å². The molecule has 0 aromatic rings. The lowest BCUT2D eigenvalue weighted by molar-refractivity contribution is -0.739. The minimum absolute atomic E-state index is 0.743. The van der Waals surface area contributed by atoms with Crippen LogP contribution in [0.3, 0.4) is 0 Å². The number of ether oxygens (including phenoxy) is 1. The van der Waals surface area contributed by atoms with E-state index in [9.17, 15) is 5.26 Å². The third kappa shape index (κ3) is 1.48. The first-order valence-electron chi connectivity index (χ1n) is 3.69. The number of hydrogen-bond donors (Lipinski definition) is 0. The Morgan fingerprint density at radius 2 is 1.80 bits per heavy atom.